The summed E-state index contributed by atoms with van der Waals surface area (Å²) in [6.45, 7) is 4.26. The number of carbonyl (C=O) groups is 2. The van der Waals surface area contributed by atoms with Crippen molar-refractivity contribution in [3.05, 3.63) is 88.9 Å². The molecule has 7 heteroatoms. The molecular weight excluding hydrogens is 410 g/mol. The molecule has 1 aromatic heterocycles. The number of carbonyl (C=O) groups excluding carboxylic acids is 2. The minimum absolute atomic E-state index is 0.0111. The summed E-state index contributed by atoms with van der Waals surface area (Å²) in [5.74, 6) is -0.679. The van der Waals surface area contributed by atoms with Crippen LogP contribution in [-0.4, -0.2) is 33.4 Å². The number of furan rings is 1. The number of aliphatic hydroxyl groups is 1. The highest BCUT2D eigenvalue weighted by molar-refractivity contribution is 6.46. The average molecular weight is 433 g/mol. The maximum absolute atomic E-state index is 13.1. The van der Waals surface area contributed by atoms with Crippen LogP contribution in [0.2, 0.25) is 0 Å². The lowest BCUT2D eigenvalue weighted by molar-refractivity contribution is -0.140. The fraction of sp³-hybridized carbons (Fsp3) is 0.200. The Hall–Kier alpha value is -4.00. The molecule has 164 valence electrons. The van der Waals surface area contributed by atoms with Gasteiger partial charge in [-0.05, 0) is 67.4 Å². The first-order chi connectivity index (χ1) is 15.4. The summed E-state index contributed by atoms with van der Waals surface area (Å²) < 4.78 is 10.9. The van der Waals surface area contributed by atoms with E-state index in [1.165, 1.54) is 23.3 Å². The van der Waals surface area contributed by atoms with Gasteiger partial charge < -0.3 is 24.3 Å². The first kappa shape index (κ1) is 21.2. The molecule has 1 saturated heterocycles. The predicted octanol–water partition coefficient (Wildman–Crippen LogP) is 4.31. The molecule has 7 nitrogen and oxygen atoms in total. The van der Waals surface area contributed by atoms with Crippen molar-refractivity contribution in [3.8, 4) is 11.5 Å². The van der Waals surface area contributed by atoms with E-state index in [-0.39, 0.29) is 23.6 Å². The van der Waals surface area contributed by atoms with E-state index in [9.17, 15) is 19.8 Å². The maximum atomic E-state index is 13.1. The van der Waals surface area contributed by atoms with Crippen molar-refractivity contribution < 1.29 is 29.0 Å². The third-order valence-corrected chi connectivity index (χ3v) is 5.38. The number of aliphatic hydroxyl groups excluding tert-OH is 1. The topological polar surface area (TPSA) is 100 Å². The van der Waals surface area contributed by atoms with E-state index in [4.69, 9.17) is 9.15 Å². The minimum atomic E-state index is -0.890. The van der Waals surface area contributed by atoms with E-state index in [0.29, 0.717) is 29.2 Å². The van der Waals surface area contributed by atoms with Gasteiger partial charge >= 0.3 is 0 Å². The molecule has 32 heavy (non-hydrogen) atoms. The molecule has 1 aliphatic rings. The molecule has 1 fully saturated rings. The number of hydrogen-bond acceptors (Lipinski definition) is 6. The Morgan fingerprint density at radius 1 is 1.12 bits per heavy atom. The van der Waals surface area contributed by atoms with Crippen LogP contribution in [0.1, 0.15) is 35.4 Å². The van der Waals surface area contributed by atoms with Crippen molar-refractivity contribution in [1.82, 2.24) is 4.90 Å². The number of phenols is 1. The highest BCUT2D eigenvalue weighted by atomic mass is 16.5. The normalized spacial score (nSPS) is 17.7. The third kappa shape index (κ3) is 3.85. The molecule has 0 spiro atoms. The number of nitrogens with zero attached hydrogens (tertiary/aromatic N) is 1. The smallest absolute Gasteiger partial charge is 0.296 e. The lowest BCUT2D eigenvalue weighted by Gasteiger charge is -2.24. The van der Waals surface area contributed by atoms with Crippen molar-refractivity contribution in [2.24, 2.45) is 0 Å². The quantitative estimate of drug-likeness (QED) is 0.341. The van der Waals surface area contributed by atoms with Crippen molar-refractivity contribution in [3.63, 3.8) is 0 Å². The lowest BCUT2D eigenvalue weighted by Crippen LogP contribution is -2.29. The molecular formula is C25H23NO6. The van der Waals surface area contributed by atoms with Gasteiger partial charge in [-0.2, -0.15) is 0 Å². The molecule has 2 heterocycles. The number of amides is 1. The van der Waals surface area contributed by atoms with E-state index in [2.05, 4.69) is 0 Å². The van der Waals surface area contributed by atoms with Gasteiger partial charge in [-0.1, -0.05) is 12.1 Å². The Balaban J connectivity index is 1.85. The number of aromatic hydroxyl groups is 1. The van der Waals surface area contributed by atoms with Gasteiger partial charge in [0.25, 0.3) is 11.7 Å². The highest BCUT2D eigenvalue weighted by Crippen LogP contribution is 2.41. The number of rotatable bonds is 6. The van der Waals surface area contributed by atoms with Crippen LogP contribution in [0.5, 0.6) is 11.5 Å². The first-order valence-corrected chi connectivity index (χ1v) is 10.2. The summed E-state index contributed by atoms with van der Waals surface area (Å²) in [4.78, 5) is 27.4. The summed E-state index contributed by atoms with van der Waals surface area (Å²) in [7, 11) is 0. The van der Waals surface area contributed by atoms with Gasteiger partial charge in [0.15, 0.2) is 0 Å². The van der Waals surface area contributed by atoms with Crippen LogP contribution in [0.15, 0.2) is 70.9 Å². The van der Waals surface area contributed by atoms with Crippen LogP contribution in [0.3, 0.4) is 0 Å². The molecule has 1 atom stereocenters. The van der Waals surface area contributed by atoms with Crippen molar-refractivity contribution in [1.29, 1.82) is 0 Å². The summed E-state index contributed by atoms with van der Waals surface area (Å²) in [6.07, 6.45) is 1.48. The number of likely N-dealkylation sites (tertiary alicyclic amines) is 1. The van der Waals surface area contributed by atoms with Crippen LogP contribution in [0.25, 0.3) is 5.76 Å². The Morgan fingerprint density at radius 3 is 2.59 bits per heavy atom. The molecule has 3 aromatic rings. The van der Waals surface area contributed by atoms with Gasteiger partial charge in [0.1, 0.15) is 23.0 Å². The molecule has 2 aromatic carbocycles. The van der Waals surface area contributed by atoms with Crippen LogP contribution < -0.4 is 4.74 Å². The fourth-order valence-electron chi connectivity index (χ4n) is 3.92. The summed E-state index contributed by atoms with van der Waals surface area (Å²) in [5, 5.41) is 21.2. The first-order valence-electron chi connectivity index (χ1n) is 10.2. The van der Waals surface area contributed by atoms with E-state index >= 15 is 0 Å². The molecule has 1 amide bonds. The number of ether oxygens (including phenoxy) is 1. The van der Waals surface area contributed by atoms with Crippen molar-refractivity contribution in [2.75, 3.05) is 6.61 Å². The van der Waals surface area contributed by atoms with Gasteiger partial charge in [0.05, 0.1) is 31.0 Å². The highest BCUT2D eigenvalue weighted by Gasteiger charge is 2.46. The number of Topliss-reactive ketones (excluding diaryl/α,β-unsaturated/α-hetero) is 1. The van der Waals surface area contributed by atoms with E-state index < -0.39 is 17.7 Å². The number of benzene rings is 2. The standard InChI is InChI=1S/C25H23NO6/c1-3-31-20-10-9-17(12-15(20)2)23(28)21-22(16-6-4-7-18(27)13-16)26(25(30)24(21)29)14-19-8-5-11-32-19/h4-13,22,27-28H,3,14H2,1-2H3/b23-21-. The molecule has 0 saturated carbocycles. The van der Waals surface area contributed by atoms with Gasteiger partial charge in [-0.15, -0.1) is 0 Å². The van der Waals surface area contributed by atoms with Crippen molar-refractivity contribution >= 4 is 17.4 Å². The molecule has 4 rings (SSSR count). The maximum Gasteiger partial charge on any atom is 0.296 e. The van der Waals surface area contributed by atoms with Gasteiger partial charge in [0.2, 0.25) is 0 Å². The van der Waals surface area contributed by atoms with E-state index in [1.807, 2.05) is 13.8 Å². The number of phenolic OH excluding ortho intramolecular Hbond substituents is 1. The predicted molar refractivity (Wildman–Crippen MR) is 117 cm³/mol. The van der Waals surface area contributed by atoms with Crippen LogP contribution in [-0.2, 0) is 16.1 Å². The zero-order valence-corrected chi connectivity index (χ0v) is 17.7. The zero-order chi connectivity index (χ0) is 22.8. The largest absolute Gasteiger partial charge is 0.508 e. The second kappa shape index (κ2) is 8.63. The van der Waals surface area contributed by atoms with Gasteiger partial charge in [-0.3, -0.25) is 9.59 Å². The van der Waals surface area contributed by atoms with Crippen molar-refractivity contribution in [2.45, 2.75) is 26.4 Å². The molecule has 2 N–H and O–H groups in total. The SMILES string of the molecule is CCOc1ccc(/C(O)=C2/C(=O)C(=O)N(Cc3ccco3)C2c2cccc(O)c2)cc1C. The molecule has 0 aliphatic carbocycles. The number of hydrogen-bond donors (Lipinski definition) is 2. The van der Waals surface area contributed by atoms with Crippen LogP contribution in [0, 0.1) is 6.92 Å². The summed E-state index contributed by atoms with van der Waals surface area (Å²) in [6, 6.07) is 13.9. The summed E-state index contributed by atoms with van der Waals surface area (Å²) >= 11 is 0. The van der Waals surface area contributed by atoms with Gasteiger partial charge in [-0.25, -0.2) is 0 Å². The summed E-state index contributed by atoms with van der Waals surface area (Å²) in [5.41, 5.74) is 1.64. The van der Waals surface area contributed by atoms with Crippen LogP contribution in [0.4, 0.5) is 0 Å². The van der Waals surface area contributed by atoms with Crippen LogP contribution >= 0.6 is 0 Å². The molecule has 1 unspecified atom stereocenters. The Bertz CT molecular complexity index is 1190. The zero-order valence-electron chi connectivity index (χ0n) is 17.7. The molecule has 0 bridgehead atoms. The molecule has 0 radical (unpaired) electrons. The third-order valence-electron chi connectivity index (χ3n) is 5.38. The average Bonchev–Trinajstić information content (AvgIpc) is 3.37. The fourth-order valence-corrected chi connectivity index (χ4v) is 3.92. The minimum Gasteiger partial charge on any atom is -0.508 e. The van der Waals surface area contributed by atoms with Gasteiger partial charge in [0, 0.05) is 5.56 Å². The lowest BCUT2D eigenvalue weighted by atomic mass is 9.94. The Kier molecular flexibility index (Phi) is 5.73. The monoisotopic (exact) mass is 433 g/mol. The Labute approximate surface area is 185 Å². The number of aryl methyl sites for hydroxylation is 1. The van der Waals surface area contributed by atoms with E-state index in [1.54, 1.807) is 42.5 Å². The second-order valence-corrected chi connectivity index (χ2v) is 7.51. The Morgan fingerprint density at radius 2 is 1.94 bits per heavy atom. The van der Waals surface area contributed by atoms with E-state index in [0.717, 1.165) is 5.56 Å². The number of ketones is 1. The molecule has 1 aliphatic heterocycles. The second-order valence-electron chi connectivity index (χ2n) is 7.51.